The molecule has 1 amide bonds. The van der Waals surface area contributed by atoms with Crippen molar-refractivity contribution in [3.8, 4) is 0 Å². The molecule has 1 N–H and O–H groups in total. The van der Waals surface area contributed by atoms with Crippen LogP contribution in [-0.4, -0.2) is 54.5 Å². The summed E-state index contributed by atoms with van der Waals surface area (Å²) in [5, 5.41) is 14.3. The highest BCUT2D eigenvalue weighted by Gasteiger charge is 2.39. The first-order valence-corrected chi connectivity index (χ1v) is 9.47. The minimum atomic E-state index is -4.57. The van der Waals surface area contributed by atoms with Crippen LogP contribution in [0.3, 0.4) is 0 Å². The number of hydrogen-bond donors (Lipinski definition) is 1. The highest BCUT2D eigenvalue weighted by Crippen LogP contribution is 2.32. The minimum absolute atomic E-state index is 0.0143. The van der Waals surface area contributed by atoms with E-state index in [0.717, 1.165) is 21.5 Å². The minimum Gasteiger partial charge on any atom is -0.385 e. The Morgan fingerprint density at radius 3 is 2.60 bits per heavy atom. The van der Waals surface area contributed by atoms with Crippen molar-refractivity contribution in [1.82, 2.24) is 24.2 Å². The standard InChI is InChI=1S/C18H19F4N5O3/c19-11-5-6-25(9-11)16(29)12-2-3-13(28)15-24-26(17(30)27(12)15)8-10-1-4-14(23-7-10)18(20,21)22/h1,4,7,11-13,28H,2-3,5-6,8-9H2/t11-,12-,13-/m0/s1. The molecule has 0 bridgehead atoms. The third kappa shape index (κ3) is 3.71. The molecular weight excluding hydrogens is 410 g/mol. The van der Waals surface area contributed by atoms with E-state index in [2.05, 4.69) is 10.1 Å². The lowest BCUT2D eigenvalue weighted by molar-refractivity contribution is -0.141. The number of nitrogens with zero attached hydrogens (tertiary/aromatic N) is 5. The van der Waals surface area contributed by atoms with E-state index in [0.29, 0.717) is 5.56 Å². The van der Waals surface area contributed by atoms with E-state index in [4.69, 9.17) is 0 Å². The molecule has 4 rings (SSSR count). The van der Waals surface area contributed by atoms with Gasteiger partial charge in [-0.25, -0.2) is 13.9 Å². The van der Waals surface area contributed by atoms with Gasteiger partial charge in [0.1, 0.15) is 24.0 Å². The van der Waals surface area contributed by atoms with Gasteiger partial charge >= 0.3 is 11.9 Å². The predicted molar refractivity (Wildman–Crippen MR) is 94.2 cm³/mol. The number of amides is 1. The number of halogens is 4. The van der Waals surface area contributed by atoms with Gasteiger partial charge in [-0.1, -0.05) is 6.07 Å². The second-order valence-corrected chi connectivity index (χ2v) is 7.50. The number of alkyl halides is 4. The number of carbonyl (C=O) groups is 1. The molecule has 8 nitrogen and oxygen atoms in total. The van der Waals surface area contributed by atoms with Gasteiger partial charge in [0.25, 0.3) is 0 Å². The second-order valence-electron chi connectivity index (χ2n) is 7.50. The van der Waals surface area contributed by atoms with Crippen LogP contribution in [0.25, 0.3) is 0 Å². The summed E-state index contributed by atoms with van der Waals surface area (Å²) in [4.78, 5) is 30.4. The molecule has 2 aromatic rings. The number of carbonyl (C=O) groups excluding carboxylic acids is 1. The Kier molecular flexibility index (Phi) is 5.12. The highest BCUT2D eigenvalue weighted by atomic mass is 19.4. The fraction of sp³-hybridized carbons (Fsp3) is 0.556. The number of hydrogen-bond acceptors (Lipinski definition) is 5. The molecule has 4 heterocycles. The average molecular weight is 429 g/mol. The summed E-state index contributed by atoms with van der Waals surface area (Å²) in [6.45, 7) is 0.0513. The zero-order valence-corrected chi connectivity index (χ0v) is 15.7. The maximum atomic E-state index is 13.5. The van der Waals surface area contributed by atoms with E-state index in [-0.39, 0.29) is 44.7 Å². The van der Waals surface area contributed by atoms with Gasteiger partial charge in [0.05, 0.1) is 13.1 Å². The maximum Gasteiger partial charge on any atom is 0.433 e. The van der Waals surface area contributed by atoms with Gasteiger partial charge in [0.2, 0.25) is 5.91 Å². The van der Waals surface area contributed by atoms with Gasteiger partial charge in [-0.15, -0.1) is 0 Å². The number of rotatable bonds is 3. The largest absolute Gasteiger partial charge is 0.433 e. The van der Waals surface area contributed by atoms with Crippen molar-refractivity contribution in [1.29, 1.82) is 0 Å². The van der Waals surface area contributed by atoms with Crippen molar-refractivity contribution < 1.29 is 27.5 Å². The van der Waals surface area contributed by atoms with E-state index in [1.54, 1.807) is 0 Å². The fourth-order valence-corrected chi connectivity index (χ4v) is 3.86. The number of aliphatic hydroxyl groups excluding tert-OH is 1. The smallest absolute Gasteiger partial charge is 0.385 e. The zero-order valence-electron chi connectivity index (χ0n) is 15.7. The lowest BCUT2D eigenvalue weighted by Crippen LogP contribution is -2.42. The molecule has 0 aliphatic carbocycles. The topological polar surface area (TPSA) is 93.2 Å². The summed E-state index contributed by atoms with van der Waals surface area (Å²) in [5.41, 5.74) is -1.42. The summed E-state index contributed by atoms with van der Waals surface area (Å²) in [6.07, 6.45) is -5.08. The van der Waals surface area contributed by atoms with Gasteiger partial charge < -0.3 is 10.0 Å². The Labute approximate surface area is 167 Å². The van der Waals surface area contributed by atoms with Crippen molar-refractivity contribution in [2.75, 3.05) is 13.1 Å². The molecule has 3 atom stereocenters. The molecular formula is C18H19F4N5O3. The number of aromatic nitrogens is 4. The predicted octanol–water partition coefficient (Wildman–Crippen LogP) is 1.45. The first kappa shape index (κ1) is 20.5. The van der Waals surface area contributed by atoms with E-state index >= 15 is 0 Å². The molecule has 1 saturated heterocycles. The number of pyridine rings is 1. The van der Waals surface area contributed by atoms with Crippen LogP contribution in [0.2, 0.25) is 0 Å². The molecule has 30 heavy (non-hydrogen) atoms. The second kappa shape index (κ2) is 7.49. The Hall–Kier alpha value is -2.76. The van der Waals surface area contributed by atoms with Gasteiger partial charge in [-0.2, -0.15) is 18.3 Å². The van der Waals surface area contributed by atoms with Crippen LogP contribution in [0.1, 0.15) is 48.5 Å². The van der Waals surface area contributed by atoms with Crippen LogP contribution in [-0.2, 0) is 17.5 Å². The SMILES string of the molecule is O=C([C@@H]1CC[C@H](O)c2nn(Cc3ccc(C(F)(F)F)nc3)c(=O)n21)N1CC[C@H](F)C1. The van der Waals surface area contributed by atoms with Crippen molar-refractivity contribution in [2.45, 2.75) is 50.3 Å². The summed E-state index contributed by atoms with van der Waals surface area (Å²) < 4.78 is 53.6. The Bertz CT molecular complexity index is 1000. The number of aliphatic hydroxyl groups is 1. The van der Waals surface area contributed by atoms with Crippen LogP contribution in [0.5, 0.6) is 0 Å². The summed E-state index contributed by atoms with van der Waals surface area (Å²) in [7, 11) is 0. The van der Waals surface area contributed by atoms with Crippen LogP contribution in [0, 0.1) is 0 Å². The molecule has 0 radical (unpaired) electrons. The molecule has 0 aromatic carbocycles. The Balaban J connectivity index is 1.62. The lowest BCUT2D eigenvalue weighted by Gasteiger charge is -2.28. The van der Waals surface area contributed by atoms with Crippen molar-refractivity contribution >= 4 is 5.91 Å². The third-order valence-electron chi connectivity index (χ3n) is 5.40. The molecule has 12 heteroatoms. The summed E-state index contributed by atoms with van der Waals surface area (Å²) in [6, 6.07) is 1.09. The molecule has 1 fully saturated rings. The van der Waals surface area contributed by atoms with E-state index < -0.39 is 41.8 Å². The van der Waals surface area contributed by atoms with Gasteiger partial charge in [-0.05, 0) is 30.9 Å². The molecule has 2 aliphatic heterocycles. The maximum absolute atomic E-state index is 13.5. The summed E-state index contributed by atoms with van der Waals surface area (Å²) in [5.74, 6) is -0.387. The zero-order chi connectivity index (χ0) is 21.6. The Morgan fingerprint density at radius 1 is 1.23 bits per heavy atom. The molecule has 162 valence electrons. The van der Waals surface area contributed by atoms with Crippen LogP contribution >= 0.6 is 0 Å². The Morgan fingerprint density at radius 2 is 2.00 bits per heavy atom. The quantitative estimate of drug-likeness (QED) is 0.746. The number of likely N-dealkylation sites (tertiary alicyclic amines) is 1. The van der Waals surface area contributed by atoms with Gasteiger partial charge in [-0.3, -0.25) is 14.3 Å². The molecule has 0 spiro atoms. The van der Waals surface area contributed by atoms with Crippen molar-refractivity contribution in [2.24, 2.45) is 0 Å². The number of fused-ring (bicyclic) bond motifs is 1. The highest BCUT2D eigenvalue weighted by molar-refractivity contribution is 5.81. The third-order valence-corrected chi connectivity index (χ3v) is 5.40. The normalized spacial score (nSPS) is 24.2. The van der Waals surface area contributed by atoms with Crippen LogP contribution in [0.15, 0.2) is 23.1 Å². The van der Waals surface area contributed by atoms with Crippen LogP contribution in [0.4, 0.5) is 17.6 Å². The summed E-state index contributed by atoms with van der Waals surface area (Å²) >= 11 is 0. The average Bonchev–Trinajstić information content (AvgIpc) is 3.26. The molecule has 2 aromatic heterocycles. The molecule has 0 unspecified atom stereocenters. The van der Waals surface area contributed by atoms with E-state index in [1.165, 1.54) is 11.0 Å². The first-order valence-electron chi connectivity index (χ1n) is 9.47. The van der Waals surface area contributed by atoms with Gasteiger partial charge in [0, 0.05) is 12.7 Å². The fourth-order valence-electron chi connectivity index (χ4n) is 3.86. The van der Waals surface area contributed by atoms with Crippen molar-refractivity contribution in [3.63, 3.8) is 0 Å². The lowest BCUT2D eigenvalue weighted by atomic mass is 10.0. The molecule has 2 aliphatic rings. The van der Waals surface area contributed by atoms with Crippen molar-refractivity contribution in [3.05, 3.63) is 45.9 Å². The van der Waals surface area contributed by atoms with Gasteiger partial charge in [0.15, 0.2) is 5.82 Å². The molecule has 0 saturated carbocycles. The van der Waals surface area contributed by atoms with E-state index in [1.807, 2.05) is 0 Å². The first-order chi connectivity index (χ1) is 14.1. The van der Waals surface area contributed by atoms with Crippen LogP contribution < -0.4 is 5.69 Å². The van der Waals surface area contributed by atoms with E-state index in [9.17, 15) is 32.3 Å². The monoisotopic (exact) mass is 429 g/mol.